The quantitative estimate of drug-likeness (QED) is 0.666. The zero-order valence-corrected chi connectivity index (χ0v) is 15.1. The van der Waals surface area contributed by atoms with Crippen LogP contribution in [0.25, 0.3) is 0 Å². The number of halogens is 1. The van der Waals surface area contributed by atoms with Gasteiger partial charge in [-0.15, -0.1) is 12.4 Å². The van der Waals surface area contributed by atoms with Crippen LogP contribution in [0.5, 0.6) is 0 Å². The van der Waals surface area contributed by atoms with Crippen molar-refractivity contribution in [2.75, 3.05) is 31.2 Å². The summed E-state index contributed by atoms with van der Waals surface area (Å²) >= 11 is 1.92. The Bertz CT molecular complexity index is 428. The lowest BCUT2D eigenvalue weighted by Gasteiger charge is -2.22. The molecule has 1 aromatic rings. The van der Waals surface area contributed by atoms with E-state index >= 15 is 0 Å². The van der Waals surface area contributed by atoms with Crippen molar-refractivity contribution in [3.05, 3.63) is 35.9 Å². The lowest BCUT2D eigenvalue weighted by Crippen LogP contribution is -2.41. The number of nitrogens with one attached hydrogen (secondary N) is 2. The molecule has 1 aliphatic heterocycles. The highest BCUT2D eigenvalue weighted by molar-refractivity contribution is 7.99. The molecule has 1 aliphatic rings. The number of rotatable bonds is 9. The van der Waals surface area contributed by atoms with E-state index in [1.54, 1.807) is 0 Å². The maximum absolute atomic E-state index is 11.8. The fourth-order valence-electron chi connectivity index (χ4n) is 2.37. The predicted octanol–water partition coefficient (Wildman–Crippen LogP) is 2.62. The van der Waals surface area contributed by atoms with E-state index in [9.17, 15) is 4.79 Å². The zero-order valence-electron chi connectivity index (χ0n) is 13.5. The summed E-state index contributed by atoms with van der Waals surface area (Å²) in [6.45, 7) is 3.17. The number of hydrogen-bond donors (Lipinski definition) is 2. The van der Waals surface area contributed by atoms with Crippen LogP contribution in [0, 0.1) is 0 Å². The van der Waals surface area contributed by atoms with Gasteiger partial charge in [-0.05, 0) is 18.4 Å². The SMILES string of the molecule is Cl.O=C(CC1CSCCN1)NCCCCOCc1ccccc1. The van der Waals surface area contributed by atoms with Crippen molar-refractivity contribution >= 4 is 30.1 Å². The number of thioether (sulfide) groups is 1. The van der Waals surface area contributed by atoms with Crippen LogP contribution in [0.2, 0.25) is 0 Å². The van der Waals surface area contributed by atoms with Gasteiger partial charge in [-0.3, -0.25) is 4.79 Å². The van der Waals surface area contributed by atoms with E-state index in [1.807, 2.05) is 30.0 Å². The summed E-state index contributed by atoms with van der Waals surface area (Å²) in [5, 5.41) is 6.38. The van der Waals surface area contributed by atoms with E-state index in [0.717, 1.165) is 44.0 Å². The summed E-state index contributed by atoms with van der Waals surface area (Å²) in [5.74, 6) is 2.35. The van der Waals surface area contributed by atoms with Crippen LogP contribution >= 0.6 is 24.2 Å². The molecule has 1 heterocycles. The van der Waals surface area contributed by atoms with Gasteiger partial charge in [0.15, 0.2) is 0 Å². The fraction of sp³-hybridized carbons (Fsp3) is 0.588. The van der Waals surface area contributed by atoms with Crippen LogP contribution < -0.4 is 10.6 Å². The number of unbranched alkanes of at least 4 members (excludes halogenated alkanes) is 1. The Kier molecular flexibility index (Phi) is 11.2. The summed E-state index contributed by atoms with van der Waals surface area (Å²) in [7, 11) is 0. The Labute approximate surface area is 149 Å². The maximum atomic E-state index is 11.8. The van der Waals surface area contributed by atoms with Gasteiger partial charge in [0.1, 0.15) is 0 Å². The Hall–Kier alpha value is -0.750. The Morgan fingerprint density at radius 1 is 1.30 bits per heavy atom. The van der Waals surface area contributed by atoms with Gasteiger partial charge in [-0.1, -0.05) is 30.3 Å². The molecule has 1 amide bonds. The molecule has 0 saturated carbocycles. The third-order valence-corrected chi connectivity index (χ3v) is 4.71. The van der Waals surface area contributed by atoms with E-state index in [4.69, 9.17) is 4.74 Å². The number of hydrogen-bond acceptors (Lipinski definition) is 4. The third kappa shape index (κ3) is 9.20. The maximum Gasteiger partial charge on any atom is 0.221 e. The molecule has 1 unspecified atom stereocenters. The van der Waals surface area contributed by atoms with Crippen molar-refractivity contribution in [1.29, 1.82) is 0 Å². The topological polar surface area (TPSA) is 50.4 Å². The zero-order chi connectivity index (χ0) is 15.5. The molecule has 0 aromatic heterocycles. The Balaban J connectivity index is 0.00000264. The van der Waals surface area contributed by atoms with Crippen LogP contribution in [-0.4, -0.2) is 43.2 Å². The second-order valence-corrected chi connectivity index (χ2v) is 6.68. The third-order valence-electron chi connectivity index (χ3n) is 3.58. The highest BCUT2D eigenvalue weighted by Crippen LogP contribution is 2.09. The molecule has 1 aromatic carbocycles. The van der Waals surface area contributed by atoms with Gasteiger partial charge in [0.05, 0.1) is 6.61 Å². The minimum Gasteiger partial charge on any atom is -0.377 e. The molecule has 2 rings (SSSR count). The van der Waals surface area contributed by atoms with E-state index in [2.05, 4.69) is 22.8 Å². The van der Waals surface area contributed by atoms with Gasteiger partial charge in [0.25, 0.3) is 0 Å². The molecule has 23 heavy (non-hydrogen) atoms. The predicted molar refractivity (Wildman–Crippen MR) is 99.3 cm³/mol. The highest BCUT2D eigenvalue weighted by Gasteiger charge is 2.16. The van der Waals surface area contributed by atoms with Gasteiger partial charge in [0.2, 0.25) is 5.91 Å². The van der Waals surface area contributed by atoms with E-state index in [0.29, 0.717) is 19.1 Å². The number of benzene rings is 1. The average Bonchev–Trinajstić information content (AvgIpc) is 2.56. The molecule has 2 N–H and O–H groups in total. The average molecular weight is 359 g/mol. The van der Waals surface area contributed by atoms with Crippen molar-refractivity contribution < 1.29 is 9.53 Å². The number of ether oxygens (including phenoxy) is 1. The summed E-state index contributed by atoms with van der Waals surface area (Å²) in [5.41, 5.74) is 1.20. The lowest BCUT2D eigenvalue weighted by molar-refractivity contribution is -0.121. The first kappa shape index (κ1) is 20.3. The molecule has 0 radical (unpaired) electrons. The van der Waals surface area contributed by atoms with E-state index in [1.165, 1.54) is 5.56 Å². The summed E-state index contributed by atoms with van der Waals surface area (Å²) in [6.07, 6.45) is 2.54. The van der Waals surface area contributed by atoms with Crippen LogP contribution in [0.4, 0.5) is 0 Å². The fourth-order valence-corrected chi connectivity index (χ4v) is 3.32. The first-order valence-electron chi connectivity index (χ1n) is 8.04. The van der Waals surface area contributed by atoms with Crippen LogP contribution in [0.15, 0.2) is 30.3 Å². The second kappa shape index (κ2) is 12.6. The van der Waals surface area contributed by atoms with Gasteiger partial charge in [-0.2, -0.15) is 11.8 Å². The number of amides is 1. The minimum absolute atomic E-state index is 0. The molecule has 0 bridgehead atoms. The Morgan fingerprint density at radius 2 is 2.13 bits per heavy atom. The summed E-state index contributed by atoms with van der Waals surface area (Å²) in [6, 6.07) is 10.5. The molecule has 1 saturated heterocycles. The second-order valence-electron chi connectivity index (χ2n) is 5.53. The van der Waals surface area contributed by atoms with Crippen molar-refractivity contribution in [1.82, 2.24) is 10.6 Å². The first-order valence-corrected chi connectivity index (χ1v) is 9.19. The standard InChI is InChI=1S/C17H26N2O2S.ClH/c20-17(12-16-14-22-11-9-18-16)19-8-4-5-10-21-13-15-6-2-1-3-7-15;/h1-3,6-7,16,18H,4-5,8-14H2,(H,19,20);1H. The Morgan fingerprint density at radius 3 is 2.87 bits per heavy atom. The molecular weight excluding hydrogens is 332 g/mol. The van der Waals surface area contributed by atoms with Crippen molar-refractivity contribution in [2.24, 2.45) is 0 Å². The van der Waals surface area contributed by atoms with Gasteiger partial charge >= 0.3 is 0 Å². The minimum atomic E-state index is 0. The smallest absolute Gasteiger partial charge is 0.221 e. The van der Waals surface area contributed by atoms with Gasteiger partial charge in [0, 0.05) is 43.7 Å². The first-order chi connectivity index (χ1) is 10.8. The van der Waals surface area contributed by atoms with Gasteiger partial charge in [-0.25, -0.2) is 0 Å². The lowest BCUT2D eigenvalue weighted by atomic mass is 10.2. The van der Waals surface area contributed by atoms with E-state index < -0.39 is 0 Å². The van der Waals surface area contributed by atoms with Crippen molar-refractivity contribution in [3.8, 4) is 0 Å². The molecule has 1 atom stereocenters. The molecule has 0 aliphatic carbocycles. The highest BCUT2D eigenvalue weighted by atomic mass is 35.5. The molecule has 0 spiro atoms. The summed E-state index contributed by atoms with van der Waals surface area (Å²) in [4.78, 5) is 11.8. The van der Waals surface area contributed by atoms with Crippen molar-refractivity contribution in [3.63, 3.8) is 0 Å². The largest absolute Gasteiger partial charge is 0.377 e. The normalized spacial score (nSPS) is 17.3. The molecule has 1 fully saturated rings. The van der Waals surface area contributed by atoms with Crippen LogP contribution in [-0.2, 0) is 16.1 Å². The van der Waals surface area contributed by atoms with Crippen LogP contribution in [0.3, 0.4) is 0 Å². The summed E-state index contributed by atoms with van der Waals surface area (Å²) < 4.78 is 5.62. The number of carbonyl (C=O) groups excluding carboxylic acids is 1. The van der Waals surface area contributed by atoms with E-state index in [-0.39, 0.29) is 18.3 Å². The van der Waals surface area contributed by atoms with Gasteiger partial charge < -0.3 is 15.4 Å². The molecule has 4 nitrogen and oxygen atoms in total. The monoisotopic (exact) mass is 358 g/mol. The molecular formula is C17H27ClN2O2S. The molecule has 130 valence electrons. The number of carbonyl (C=O) groups is 1. The van der Waals surface area contributed by atoms with Crippen LogP contribution in [0.1, 0.15) is 24.8 Å². The van der Waals surface area contributed by atoms with Crippen molar-refractivity contribution in [2.45, 2.75) is 31.9 Å². The molecule has 6 heteroatoms.